The number of ketones is 1. The molecule has 4 heteroatoms. The molecule has 0 unspecified atom stereocenters. The van der Waals surface area contributed by atoms with Crippen LogP contribution in [0.3, 0.4) is 0 Å². The number of hydrogen-bond acceptors (Lipinski definition) is 2. The van der Waals surface area contributed by atoms with E-state index in [1.807, 2.05) is 24.3 Å². The van der Waals surface area contributed by atoms with E-state index in [0.717, 1.165) is 22.2 Å². The fourth-order valence-electron chi connectivity index (χ4n) is 2.06. The van der Waals surface area contributed by atoms with Gasteiger partial charge in [-0.25, -0.2) is 8.78 Å². The van der Waals surface area contributed by atoms with Crippen molar-refractivity contribution in [1.29, 1.82) is 0 Å². The lowest BCUT2D eigenvalue weighted by atomic mass is 10.0. The topological polar surface area (TPSA) is 17.1 Å². The molecular formula is C17H10F2OS. The highest BCUT2D eigenvalue weighted by molar-refractivity contribution is 7.21. The first kappa shape index (κ1) is 13.6. The van der Waals surface area contributed by atoms with Crippen LogP contribution in [0.25, 0.3) is 15.7 Å². The van der Waals surface area contributed by atoms with Crippen LogP contribution in [-0.4, -0.2) is 5.78 Å². The van der Waals surface area contributed by atoms with Crippen LogP contribution in [0.2, 0.25) is 0 Å². The van der Waals surface area contributed by atoms with Gasteiger partial charge in [-0.15, -0.1) is 11.3 Å². The lowest BCUT2D eigenvalue weighted by molar-refractivity contribution is 0.106. The van der Waals surface area contributed by atoms with Gasteiger partial charge in [-0.3, -0.25) is 4.79 Å². The van der Waals surface area contributed by atoms with Crippen molar-refractivity contribution in [2.45, 2.75) is 0 Å². The number of carbonyl (C=O) groups is 1. The number of hydrogen-bond donors (Lipinski definition) is 0. The van der Waals surface area contributed by atoms with Gasteiger partial charge in [0.15, 0.2) is 11.6 Å². The lowest BCUT2D eigenvalue weighted by Gasteiger charge is -2.04. The van der Waals surface area contributed by atoms with Crippen LogP contribution in [0, 0.1) is 11.6 Å². The SMILES string of the molecule is C=C(C(=O)c1cc2ccccc2s1)c1ccc(F)c(F)c1. The van der Waals surface area contributed by atoms with Crippen LogP contribution in [0.4, 0.5) is 8.78 Å². The fraction of sp³-hybridized carbons (Fsp3) is 0. The van der Waals surface area contributed by atoms with Crippen LogP contribution in [-0.2, 0) is 0 Å². The molecule has 0 saturated carbocycles. The summed E-state index contributed by atoms with van der Waals surface area (Å²) >= 11 is 1.36. The zero-order chi connectivity index (χ0) is 15.0. The Kier molecular flexibility index (Phi) is 3.39. The van der Waals surface area contributed by atoms with E-state index >= 15 is 0 Å². The second-order valence-corrected chi connectivity index (χ2v) is 5.67. The molecule has 2 aromatic carbocycles. The van der Waals surface area contributed by atoms with Gasteiger partial charge >= 0.3 is 0 Å². The first-order valence-corrected chi connectivity index (χ1v) is 7.05. The van der Waals surface area contributed by atoms with Gasteiger partial charge in [-0.05, 0) is 35.2 Å². The molecule has 1 heterocycles. The summed E-state index contributed by atoms with van der Waals surface area (Å²) in [6.45, 7) is 3.71. The summed E-state index contributed by atoms with van der Waals surface area (Å²) in [6, 6.07) is 12.8. The number of Topliss-reactive ketones (excluding diaryl/α,β-unsaturated/α-hetero) is 1. The Morgan fingerprint density at radius 3 is 2.48 bits per heavy atom. The van der Waals surface area contributed by atoms with Gasteiger partial charge in [0.2, 0.25) is 5.78 Å². The molecule has 0 atom stereocenters. The predicted octanol–water partition coefficient (Wildman–Crippen LogP) is 5.08. The molecule has 3 rings (SSSR count). The van der Waals surface area contributed by atoms with Crippen LogP contribution in [0.5, 0.6) is 0 Å². The molecule has 0 amide bonds. The second-order valence-electron chi connectivity index (χ2n) is 4.59. The van der Waals surface area contributed by atoms with Crippen LogP contribution in [0.1, 0.15) is 15.2 Å². The number of fused-ring (bicyclic) bond motifs is 1. The van der Waals surface area contributed by atoms with E-state index in [1.165, 1.54) is 17.4 Å². The Labute approximate surface area is 124 Å². The average molecular weight is 300 g/mol. The zero-order valence-corrected chi connectivity index (χ0v) is 11.7. The minimum absolute atomic E-state index is 0.153. The lowest BCUT2D eigenvalue weighted by Crippen LogP contribution is -2.00. The molecule has 0 aliphatic heterocycles. The van der Waals surface area contributed by atoms with Crippen molar-refractivity contribution in [2.24, 2.45) is 0 Å². The second kappa shape index (κ2) is 5.22. The highest BCUT2D eigenvalue weighted by Crippen LogP contribution is 2.29. The molecule has 0 aliphatic rings. The summed E-state index contributed by atoms with van der Waals surface area (Å²) in [6.07, 6.45) is 0. The Morgan fingerprint density at radius 2 is 1.76 bits per heavy atom. The minimum atomic E-state index is -0.988. The number of halogens is 2. The summed E-state index contributed by atoms with van der Waals surface area (Å²) in [5.41, 5.74) is 0.441. The summed E-state index contributed by atoms with van der Waals surface area (Å²) in [4.78, 5) is 12.9. The molecule has 0 N–H and O–H groups in total. The maximum Gasteiger partial charge on any atom is 0.202 e. The average Bonchev–Trinajstić information content (AvgIpc) is 2.92. The highest BCUT2D eigenvalue weighted by atomic mass is 32.1. The molecule has 0 saturated heterocycles. The quantitative estimate of drug-likeness (QED) is 0.487. The van der Waals surface area contributed by atoms with E-state index in [1.54, 1.807) is 6.07 Å². The summed E-state index contributed by atoms with van der Waals surface area (Å²) < 4.78 is 27.2. The molecule has 3 aromatic rings. The first-order chi connectivity index (χ1) is 10.1. The van der Waals surface area contributed by atoms with Crippen molar-refractivity contribution < 1.29 is 13.6 Å². The van der Waals surface area contributed by atoms with Crippen molar-refractivity contribution >= 4 is 32.8 Å². The third-order valence-electron chi connectivity index (χ3n) is 3.19. The van der Waals surface area contributed by atoms with Gasteiger partial charge in [0.25, 0.3) is 0 Å². The standard InChI is InChI=1S/C17H10F2OS/c1-10(11-6-7-13(18)14(19)8-11)17(20)16-9-12-4-2-3-5-15(12)21-16/h2-9H,1H2. The molecule has 0 spiro atoms. The molecule has 1 aromatic heterocycles. The molecule has 104 valence electrons. The summed E-state index contributed by atoms with van der Waals surface area (Å²) in [5, 5.41) is 0.976. The molecule has 1 nitrogen and oxygen atoms in total. The summed E-state index contributed by atoms with van der Waals surface area (Å²) in [5.74, 6) is -2.21. The Hall–Kier alpha value is -2.33. The van der Waals surface area contributed by atoms with Crippen molar-refractivity contribution in [3.05, 3.63) is 77.2 Å². The minimum Gasteiger partial charge on any atom is -0.288 e. The van der Waals surface area contributed by atoms with E-state index < -0.39 is 11.6 Å². The van der Waals surface area contributed by atoms with E-state index in [-0.39, 0.29) is 16.9 Å². The maximum absolute atomic E-state index is 13.2. The Morgan fingerprint density at radius 1 is 1.00 bits per heavy atom. The number of thiophene rings is 1. The van der Waals surface area contributed by atoms with Gasteiger partial charge in [0, 0.05) is 10.3 Å². The Balaban J connectivity index is 1.97. The molecule has 0 radical (unpaired) electrons. The van der Waals surface area contributed by atoms with Gasteiger partial charge in [0.05, 0.1) is 4.88 Å². The number of benzene rings is 2. The molecule has 0 fully saturated rings. The van der Waals surface area contributed by atoms with Crippen LogP contribution in [0.15, 0.2) is 55.1 Å². The number of carbonyl (C=O) groups excluding carboxylic acids is 1. The van der Waals surface area contributed by atoms with Crippen molar-refractivity contribution in [3.8, 4) is 0 Å². The predicted molar refractivity (Wildman–Crippen MR) is 81.5 cm³/mol. The van der Waals surface area contributed by atoms with E-state index in [2.05, 4.69) is 6.58 Å². The third-order valence-corrected chi connectivity index (χ3v) is 4.31. The van der Waals surface area contributed by atoms with Gasteiger partial charge in [-0.2, -0.15) is 0 Å². The van der Waals surface area contributed by atoms with E-state index in [9.17, 15) is 13.6 Å². The molecule has 0 aliphatic carbocycles. The van der Waals surface area contributed by atoms with Gasteiger partial charge in [0.1, 0.15) is 0 Å². The van der Waals surface area contributed by atoms with Crippen LogP contribution < -0.4 is 0 Å². The molecule has 0 bridgehead atoms. The fourth-order valence-corrected chi connectivity index (χ4v) is 3.09. The zero-order valence-electron chi connectivity index (χ0n) is 10.9. The van der Waals surface area contributed by atoms with Crippen molar-refractivity contribution in [2.75, 3.05) is 0 Å². The van der Waals surface area contributed by atoms with Crippen molar-refractivity contribution in [3.63, 3.8) is 0 Å². The normalized spacial score (nSPS) is 10.8. The Bertz CT molecular complexity index is 831. The molecule has 21 heavy (non-hydrogen) atoms. The third kappa shape index (κ3) is 2.50. The number of rotatable bonds is 3. The maximum atomic E-state index is 13.2. The summed E-state index contributed by atoms with van der Waals surface area (Å²) in [7, 11) is 0. The monoisotopic (exact) mass is 300 g/mol. The highest BCUT2D eigenvalue weighted by Gasteiger charge is 2.16. The van der Waals surface area contributed by atoms with E-state index in [0.29, 0.717) is 4.88 Å². The smallest absolute Gasteiger partial charge is 0.202 e. The van der Waals surface area contributed by atoms with Gasteiger partial charge < -0.3 is 0 Å². The molecular weight excluding hydrogens is 290 g/mol. The van der Waals surface area contributed by atoms with E-state index in [4.69, 9.17) is 0 Å². The van der Waals surface area contributed by atoms with Gasteiger partial charge in [-0.1, -0.05) is 30.8 Å². The van der Waals surface area contributed by atoms with Crippen molar-refractivity contribution in [1.82, 2.24) is 0 Å². The first-order valence-electron chi connectivity index (χ1n) is 6.24. The largest absolute Gasteiger partial charge is 0.288 e. The van der Waals surface area contributed by atoms with Crippen LogP contribution >= 0.6 is 11.3 Å². The number of allylic oxidation sites excluding steroid dienone is 1.